The molecule has 5 rings (SSSR count). The van der Waals surface area contributed by atoms with Gasteiger partial charge in [-0.25, -0.2) is 19.9 Å². The second-order valence-corrected chi connectivity index (χ2v) is 10.3. The zero-order valence-electron chi connectivity index (χ0n) is 17.0. The van der Waals surface area contributed by atoms with Crippen LogP contribution in [0.15, 0.2) is 33.8 Å². The van der Waals surface area contributed by atoms with Crippen LogP contribution in [0.2, 0.25) is 5.02 Å². The third kappa shape index (κ3) is 3.42. The number of halogens is 1. The predicted octanol–water partition coefficient (Wildman–Crippen LogP) is 2.96. The summed E-state index contributed by atoms with van der Waals surface area (Å²) in [5.74, 6) is 2.49. The van der Waals surface area contributed by atoms with E-state index in [0.29, 0.717) is 34.2 Å². The third-order valence-electron chi connectivity index (χ3n) is 6.34. The SMILES string of the molecule is Cc1csc(C2(CN)C3CCN(c4cnc(Sc5ccnc(N)c5Cl)c(N)n4)CC32)n1. The quantitative estimate of drug-likeness (QED) is 0.510. The maximum absolute atomic E-state index is 6.27. The summed E-state index contributed by atoms with van der Waals surface area (Å²) < 4.78 is 0. The summed E-state index contributed by atoms with van der Waals surface area (Å²) in [6.07, 6.45) is 4.44. The highest BCUT2D eigenvalue weighted by Gasteiger charge is 2.67. The fourth-order valence-corrected chi connectivity index (χ4v) is 6.85. The molecule has 8 nitrogen and oxygen atoms in total. The highest BCUT2D eigenvalue weighted by Crippen LogP contribution is 2.63. The van der Waals surface area contributed by atoms with E-state index < -0.39 is 0 Å². The smallest absolute Gasteiger partial charge is 0.158 e. The lowest BCUT2D eigenvalue weighted by atomic mass is 10.0. The van der Waals surface area contributed by atoms with Gasteiger partial charge >= 0.3 is 0 Å². The number of pyridine rings is 1. The van der Waals surface area contributed by atoms with E-state index in [1.54, 1.807) is 29.8 Å². The largest absolute Gasteiger partial charge is 0.382 e. The van der Waals surface area contributed by atoms with E-state index >= 15 is 0 Å². The summed E-state index contributed by atoms with van der Waals surface area (Å²) in [5, 5.41) is 4.27. The van der Waals surface area contributed by atoms with Crippen molar-refractivity contribution in [1.82, 2.24) is 19.9 Å². The summed E-state index contributed by atoms with van der Waals surface area (Å²) >= 11 is 9.30. The van der Waals surface area contributed by atoms with Crippen LogP contribution in [-0.4, -0.2) is 39.6 Å². The van der Waals surface area contributed by atoms with E-state index in [2.05, 4.69) is 25.2 Å². The predicted molar refractivity (Wildman–Crippen MR) is 126 cm³/mol. The van der Waals surface area contributed by atoms with Crippen molar-refractivity contribution < 1.29 is 0 Å². The molecular weight excluding hydrogens is 452 g/mol. The molecule has 31 heavy (non-hydrogen) atoms. The van der Waals surface area contributed by atoms with E-state index in [9.17, 15) is 0 Å². The zero-order valence-corrected chi connectivity index (χ0v) is 19.3. The maximum atomic E-state index is 6.27. The fourth-order valence-electron chi connectivity index (χ4n) is 4.70. The van der Waals surface area contributed by atoms with Crippen molar-refractivity contribution in [3.63, 3.8) is 0 Å². The van der Waals surface area contributed by atoms with Crippen molar-refractivity contribution in [2.45, 2.75) is 28.7 Å². The maximum Gasteiger partial charge on any atom is 0.158 e. The van der Waals surface area contributed by atoms with Gasteiger partial charge in [-0.3, -0.25) is 0 Å². The minimum absolute atomic E-state index is 0.000464. The van der Waals surface area contributed by atoms with Gasteiger partial charge in [-0.15, -0.1) is 11.3 Å². The number of hydrogen-bond acceptors (Lipinski definition) is 10. The third-order valence-corrected chi connectivity index (χ3v) is 9.08. The first kappa shape index (κ1) is 20.7. The number of nitrogens with zero attached hydrogens (tertiary/aromatic N) is 5. The number of nitrogens with two attached hydrogens (primary N) is 3. The van der Waals surface area contributed by atoms with Crippen LogP contribution in [0.3, 0.4) is 0 Å². The molecule has 0 amide bonds. The van der Waals surface area contributed by atoms with Gasteiger partial charge in [0.05, 0.1) is 11.2 Å². The lowest BCUT2D eigenvalue weighted by Crippen LogP contribution is -2.32. The summed E-state index contributed by atoms with van der Waals surface area (Å²) in [7, 11) is 0. The van der Waals surface area contributed by atoms with Crippen molar-refractivity contribution in [2.75, 3.05) is 36.0 Å². The Hall–Kier alpha value is -2.14. The number of piperidine rings is 1. The molecule has 0 spiro atoms. The molecule has 1 saturated carbocycles. The fraction of sp³-hybridized carbons (Fsp3) is 0.400. The van der Waals surface area contributed by atoms with Crippen molar-refractivity contribution in [2.24, 2.45) is 17.6 Å². The minimum Gasteiger partial charge on any atom is -0.382 e. The monoisotopic (exact) mass is 474 g/mol. The van der Waals surface area contributed by atoms with Gasteiger partial charge in [0.1, 0.15) is 21.7 Å². The topological polar surface area (TPSA) is 133 Å². The molecule has 0 bridgehead atoms. The summed E-state index contributed by atoms with van der Waals surface area (Å²) in [6.45, 7) is 4.45. The number of aryl methyl sites for hydroxylation is 1. The molecule has 11 heteroatoms. The van der Waals surface area contributed by atoms with Crippen LogP contribution in [0.1, 0.15) is 17.1 Å². The molecular formula is C20H23ClN8S2. The summed E-state index contributed by atoms with van der Waals surface area (Å²) in [6, 6.07) is 1.78. The Kier molecular flexibility index (Phi) is 5.20. The lowest BCUT2D eigenvalue weighted by molar-refractivity contribution is 0.545. The Bertz CT molecular complexity index is 1140. The molecule has 0 aromatic carbocycles. The number of aromatic nitrogens is 4. The molecule has 4 heterocycles. The van der Waals surface area contributed by atoms with E-state index in [4.69, 9.17) is 33.8 Å². The van der Waals surface area contributed by atoms with Crippen molar-refractivity contribution in [1.29, 1.82) is 0 Å². The van der Waals surface area contributed by atoms with Crippen LogP contribution in [0, 0.1) is 18.8 Å². The zero-order chi connectivity index (χ0) is 21.8. The molecule has 1 aliphatic heterocycles. The number of nitrogen functional groups attached to an aromatic ring is 2. The summed E-state index contributed by atoms with van der Waals surface area (Å²) in [5.41, 5.74) is 19.4. The second-order valence-electron chi connectivity index (χ2n) is 8.02. The standard InChI is InChI=1S/C20H23ClN8S2/c1-10-8-30-19(27-10)20(9-22)11-3-5-29(7-12(11)20)14-6-26-18(17(24)28-14)31-13-2-4-25-16(23)15(13)21/h2,4,6,8,11-12H,3,5,7,9,22H2,1H3,(H2,23,25)(H2,24,28). The molecule has 2 fully saturated rings. The van der Waals surface area contributed by atoms with Gasteiger partial charge in [-0.2, -0.15) is 0 Å². The van der Waals surface area contributed by atoms with Crippen LogP contribution < -0.4 is 22.1 Å². The second kappa shape index (κ2) is 7.77. The molecule has 3 atom stereocenters. The van der Waals surface area contributed by atoms with E-state index in [1.807, 2.05) is 6.92 Å². The minimum atomic E-state index is 0.000464. The first-order valence-corrected chi connectivity index (χ1v) is 12.1. The first-order valence-electron chi connectivity index (χ1n) is 10.0. The number of fused-ring (bicyclic) bond motifs is 1. The average molecular weight is 475 g/mol. The summed E-state index contributed by atoms with van der Waals surface area (Å²) in [4.78, 5) is 20.9. The van der Waals surface area contributed by atoms with E-state index in [-0.39, 0.29) is 11.2 Å². The highest BCUT2D eigenvalue weighted by atomic mass is 35.5. The molecule has 2 aliphatic rings. The van der Waals surface area contributed by atoms with Gasteiger partial charge in [-0.05, 0) is 31.2 Å². The Balaban J connectivity index is 1.34. The molecule has 1 saturated heterocycles. The molecule has 3 unspecified atom stereocenters. The van der Waals surface area contributed by atoms with Gasteiger partial charge in [0, 0.05) is 47.2 Å². The number of thiazole rings is 1. The number of anilines is 3. The molecule has 0 radical (unpaired) electrons. The van der Waals surface area contributed by atoms with Crippen LogP contribution >= 0.6 is 34.7 Å². The van der Waals surface area contributed by atoms with E-state index in [1.165, 1.54) is 16.8 Å². The molecule has 3 aromatic heterocycles. The molecule has 162 valence electrons. The Labute approximate surface area is 193 Å². The van der Waals surface area contributed by atoms with Crippen LogP contribution in [-0.2, 0) is 5.41 Å². The highest BCUT2D eigenvalue weighted by molar-refractivity contribution is 7.99. The molecule has 1 aliphatic carbocycles. The van der Waals surface area contributed by atoms with Crippen molar-refractivity contribution in [3.05, 3.63) is 39.6 Å². The van der Waals surface area contributed by atoms with Crippen molar-refractivity contribution >= 4 is 52.2 Å². The van der Waals surface area contributed by atoms with Crippen molar-refractivity contribution in [3.8, 4) is 0 Å². The first-order chi connectivity index (χ1) is 14.9. The van der Waals surface area contributed by atoms with Gasteiger partial charge in [-0.1, -0.05) is 23.4 Å². The Morgan fingerprint density at radius 1 is 1.26 bits per heavy atom. The molecule has 6 N–H and O–H groups in total. The van der Waals surface area contributed by atoms with Crippen LogP contribution in [0.4, 0.5) is 17.5 Å². The van der Waals surface area contributed by atoms with Gasteiger partial charge in [0.15, 0.2) is 5.82 Å². The number of hydrogen-bond donors (Lipinski definition) is 3. The number of rotatable bonds is 5. The van der Waals surface area contributed by atoms with Gasteiger partial charge in [0.2, 0.25) is 0 Å². The van der Waals surface area contributed by atoms with E-state index in [0.717, 1.165) is 35.9 Å². The average Bonchev–Trinajstić information content (AvgIpc) is 3.22. The van der Waals surface area contributed by atoms with Crippen LogP contribution in [0.5, 0.6) is 0 Å². The van der Waals surface area contributed by atoms with Crippen LogP contribution in [0.25, 0.3) is 0 Å². The lowest BCUT2D eigenvalue weighted by Gasteiger charge is -2.27. The molecule has 3 aromatic rings. The Morgan fingerprint density at radius 2 is 2.10 bits per heavy atom. The Morgan fingerprint density at radius 3 is 2.81 bits per heavy atom. The normalized spacial score (nSPS) is 24.8. The van der Waals surface area contributed by atoms with Gasteiger partial charge in [0.25, 0.3) is 0 Å². The van der Waals surface area contributed by atoms with Gasteiger partial charge < -0.3 is 22.1 Å².